The fourth-order valence-corrected chi connectivity index (χ4v) is 1.15. The minimum atomic E-state index is 0.00868. The molecule has 0 aliphatic carbocycles. The molecule has 0 N–H and O–H groups in total. The van der Waals surface area contributed by atoms with E-state index in [0.29, 0.717) is 10.7 Å². The van der Waals surface area contributed by atoms with Crippen molar-refractivity contribution in [3.63, 3.8) is 0 Å². The first-order chi connectivity index (χ1) is 4.72. The van der Waals surface area contributed by atoms with E-state index >= 15 is 0 Å². The van der Waals surface area contributed by atoms with Gasteiger partial charge in [0.25, 0.3) is 0 Å². The van der Waals surface area contributed by atoms with E-state index in [1.54, 1.807) is 0 Å². The average Bonchev–Trinajstić information content (AvgIpc) is 2.36. The van der Waals surface area contributed by atoms with Gasteiger partial charge >= 0.3 is 0 Å². The van der Waals surface area contributed by atoms with Gasteiger partial charge in [-0.2, -0.15) is 0 Å². The fourth-order valence-electron chi connectivity index (χ4n) is 0.897. The summed E-state index contributed by atoms with van der Waals surface area (Å²) in [6.07, 6.45) is 0.00868. The van der Waals surface area contributed by atoms with Crippen LogP contribution in [0, 0.1) is 5.92 Å². The summed E-state index contributed by atoms with van der Waals surface area (Å²) >= 11 is 3.49. The Hall–Kier alpha value is 0.400. The molecule has 1 fully saturated rings. The van der Waals surface area contributed by atoms with E-state index in [0.717, 1.165) is 13.2 Å². The van der Waals surface area contributed by atoms with Gasteiger partial charge in [-0.25, -0.2) is 0 Å². The summed E-state index contributed by atoms with van der Waals surface area (Å²) in [5, 5.41) is 0. The lowest BCUT2D eigenvalue weighted by Gasteiger charge is -2.19. The number of alkyl halides is 1. The first-order valence-corrected chi connectivity index (χ1v) is 4.50. The molecule has 2 nitrogen and oxygen atoms in total. The molecule has 1 heterocycles. The van der Waals surface area contributed by atoms with E-state index < -0.39 is 0 Å². The minimum Gasteiger partial charge on any atom is -0.350 e. The molecule has 0 radical (unpaired) electrons. The average molecular weight is 209 g/mol. The van der Waals surface area contributed by atoms with Crippen LogP contribution in [0.2, 0.25) is 0 Å². The summed E-state index contributed by atoms with van der Waals surface area (Å²) in [5.41, 5.74) is 0. The van der Waals surface area contributed by atoms with Crippen LogP contribution in [-0.2, 0) is 9.47 Å². The molecule has 1 aliphatic heterocycles. The minimum absolute atomic E-state index is 0.00868. The molecule has 0 saturated carbocycles. The predicted molar refractivity (Wildman–Crippen MR) is 43.2 cm³/mol. The Kier molecular flexibility index (Phi) is 3.14. The maximum atomic E-state index is 5.32. The fraction of sp³-hybridized carbons (Fsp3) is 1.00. The highest BCUT2D eigenvalue weighted by Crippen LogP contribution is 2.21. The molecule has 0 unspecified atom stereocenters. The Morgan fingerprint density at radius 3 is 2.20 bits per heavy atom. The summed E-state index contributed by atoms with van der Waals surface area (Å²) in [7, 11) is 0. The Bertz CT molecular complexity index is 99.8. The van der Waals surface area contributed by atoms with Crippen molar-refractivity contribution >= 4 is 15.9 Å². The topological polar surface area (TPSA) is 18.5 Å². The molecule has 60 valence electrons. The zero-order valence-electron chi connectivity index (χ0n) is 6.34. The van der Waals surface area contributed by atoms with E-state index in [-0.39, 0.29) is 6.29 Å². The second-order valence-corrected chi connectivity index (χ2v) is 4.09. The van der Waals surface area contributed by atoms with Crippen LogP contribution in [0.25, 0.3) is 0 Å². The van der Waals surface area contributed by atoms with E-state index in [2.05, 4.69) is 29.8 Å². The highest BCUT2D eigenvalue weighted by molar-refractivity contribution is 9.09. The van der Waals surface area contributed by atoms with Gasteiger partial charge in [0, 0.05) is 10.7 Å². The number of rotatable bonds is 2. The van der Waals surface area contributed by atoms with E-state index in [4.69, 9.17) is 9.47 Å². The normalized spacial score (nSPS) is 26.7. The third kappa shape index (κ3) is 1.94. The van der Waals surface area contributed by atoms with Gasteiger partial charge in [-0.05, 0) is 0 Å². The van der Waals surface area contributed by atoms with Gasteiger partial charge in [-0.15, -0.1) is 0 Å². The summed E-state index contributed by atoms with van der Waals surface area (Å²) in [5.74, 6) is 0.433. The molecule has 0 spiro atoms. The molecule has 2 atom stereocenters. The zero-order valence-corrected chi connectivity index (χ0v) is 7.93. The maximum absolute atomic E-state index is 5.32. The quantitative estimate of drug-likeness (QED) is 0.645. The lowest BCUT2D eigenvalue weighted by atomic mass is 10.1. The SMILES string of the molecule is C[C@H](Br)[C@H](C)C1OCCO1. The molecule has 0 bridgehead atoms. The Morgan fingerprint density at radius 2 is 1.80 bits per heavy atom. The highest BCUT2D eigenvalue weighted by atomic mass is 79.9. The van der Waals surface area contributed by atoms with E-state index in [9.17, 15) is 0 Å². The summed E-state index contributed by atoms with van der Waals surface area (Å²) in [4.78, 5) is 0.454. The van der Waals surface area contributed by atoms with Crippen molar-refractivity contribution in [2.24, 2.45) is 5.92 Å². The molecule has 1 rings (SSSR count). The van der Waals surface area contributed by atoms with Crippen LogP contribution in [-0.4, -0.2) is 24.3 Å². The molecular weight excluding hydrogens is 196 g/mol. The molecule has 0 aromatic carbocycles. The second-order valence-electron chi connectivity index (χ2n) is 2.65. The summed E-state index contributed by atoms with van der Waals surface area (Å²) < 4.78 is 10.6. The van der Waals surface area contributed by atoms with Crippen LogP contribution >= 0.6 is 15.9 Å². The van der Waals surface area contributed by atoms with Crippen LogP contribution in [0.3, 0.4) is 0 Å². The van der Waals surface area contributed by atoms with Gasteiger partial charge in [0.05, 0.1) is 13.2 Å². The standard InChI is InChI=1S/C7H13BrO2/c1-5(6(2)8)7-9-3-4-10-7/h5-7H,3-4H2,1-2H3/t5-,6-/m0/s1. The van der Waals surface area contributed by atoms with Crippen molar-refractivity contribution in [1.29, 1.82) is 0 Å². The zero-order chi connectivity index (χ0) is 7.56. The second kappa shape index (κ2) is 3.69. The van der Waals surface area contributed by atoms with Crippen LogP contribution in [0.4, 0.5) is 0 Å². The van der Waals surface area contributed by atoms with Crippen LogP contribution in [0.1, 0.15) is 13.8 Å². The molecule has 0 amide bonds. The third-order valence-corrected chi connectivity index (χ3v) is 2.64. The Balaban J connectivity index is 2.32. The van der Waals surface area contributed by atoms with Crippen molar-refractivity contribution in [2.75, 3.05) is 13.2 Å². The van der Waals surface area contributed by atoms with Crippen molar-refractivity contribution in [3.8, 4) is 0 Å². The van der Waals surface area contributed by atoms with E-state index in [1.807, 2.05) is 0 Å². The lowest BCUT2D eigenvalue weighted by molar-refractivity contribution is -0.0770. The van der Waals surface area contributed by atoms with Gasteiger partial charge in [-0.3, -0.25) is 0 Å². The smallest absolute Gasteiger partial charge is 0.161 e. The molecule has 1 saturated heterocycles. The third-order valence-electron chi connectivity index (χ3n) is 1.80. The van der Waals surface area contributed by atoms with Crippen molar-refractivity contribution in [3.05, 3.63) is 0 Å². The Labute approximate surface area is 70.0 Å². The molecular formula is C7H13BrO2. The molecule has 3 heteroatoms. The maximum Gasteiger partial charge on any atom is 0.161 e. The van der Waals surface area contributed by atoms with Crippen molar-refractivity contribution < 1.29 is 9.47 Å². The van der Waals surface area contributed by atoms with E-state index in [1.165, 1.54) is 0 Å². The van der Waals surface area contributed by atoms with Gasteiger partial charge in [0.2, 0.25) is 0 Å². The molecule has 0 aromatic rings. The van der Waals surface area contributed by atoms with Crippen molar-refractivity contribution in [2.45, 2.75) is 25.0 Å². The first kappa shape index (κ1) is 8.50. The Morgan fingerprint density at radius 1 is 1.30 bits per heavy atom. The predicted octanol–water partition coefficient (Wildman–Crippen LogP) is 1.78. The number of ether oxygens (including phenoxy) is 2. The van der Waals surface area contributed by atoms with Crippen LogP contribution < -0.4 is 0 Å². The van der Waals surface area contributed by atoms with Gasteiger partial charge in [0.1, 0.15) is 0 Å². The first-order valence-electron chi connectivity index (χ1n) is 3.59. The monoisotopic (exact) mass is 208 g/mol. The lowest BCUT2D eigenvalue weighted by Crippen LogP contribution is -2.24. The van der Waals surface area contributed by atoms with Crippen molar-refractivity contribution in [1.82, 2.24) is 0 Å². The highest BCUT2D eigenvalue weighted by Gasteiger charge is 2.25. The largest absolute Gasteiger partial charge is 0.350 e. The van der Waals surface area contributed by atoms with Crippen LogP contribution in [0.5, 0.6) is 0 Å². The van der Waals surface area contributed by atoms with Gasteiger partial charge < -0.3 is 9.47 Å². The molecule has 0 aromatic heterocycles. The number of hydrogen-bond donors (Lipinski definition) is 0. The summed E-state index contributed by atoms with van der Waals surface area (Å²) in [6.45, 7) is 5.72. The van der Waals surface area contributed by atoms with Gasteiger partial charge in [0.15, 0.2) is 6.29 Å². The summed E-state index contributed by atoms with van der Waals surface area (Å²) in [6, 6.07) is 0. The molecule has 1 aliphatic rings. The van der Waals surface area contributed by atoms with Crippen LogP contribution in [0.15, 0.2) is 0 Å². The number of halogens is 1. The van der Waals surface area contributed by atoms with Gasteiger partial charge in [-0.1, -0.05) is 29.8 Å². The number of hydrogen-bond acceptors (Lipinski definition) is 2. The molecule has 10 heavy (non-hydrogen) atoms.